The Morgan fingerprint density at radius 2 is 1.55 bits per heavy atom. The summed E-state index contributed by atoms with van der Waals surface area (Å²) in [6.45, 7) is 0.495. The van der Waals surface area contributed by atoms with Crippen LogP contribution in [0.2, 0.25) is 0 Å². The molecule has 4 aromatic rings. The molecule has 22 heavy (non-hydrogen) atoms. The smallest absolute Gasteiger partial charge is 0.159 e. The first kappa shape index (κ1) is 12.8. The molecule has 4 nitrogen and oxygen atoms in total. The summed E-state index contributed by atoms with van der Waals surface area (Å²) in [5.41, 5.74) is 4.65. The van der Waals surface area contributed by atoms with Gasteiger partial charge in [0, 0.05) is 7.05 Å². The number of nitrogens with zero attached hydrogens (tertiary/aromatic N) is 3. The third-order valence-corrected chi connectivity index (χ3v) is 3.76. The van der Waals surface area contributed by atoms with Crippen molar-refractivity contribution in [3.63, 3.8) is 0 Å². The fraction of sp³-hybridized carbons (Fsp3) is 0.111. The molecular weight excluding hydrogens is 274 g/mol. The Morgan fingerprint density at radius 3 is 2.32 bits per heavy atom. The highest BCUT2D eigenvalue weighted by Gasteiger charge is 2.10. The number of para-hydroxylation sites is 3. The van der Waals surface area contributed by atoms with Gasteiger partial charge in [0.1, 0.15) is 17.9 Å². The van der Waals surface area contributed by atoms with Gasteiger partial charge in [0.2, 0.25) is 0 Å². The molecule has 2 aromatic carbocycles. The van der Waals surface area contributed by atoms with E-state index in [0.29, 0.717) is 6.61 Å². The summed E-state index contributed by atoms with van der Waals surface area (Å²) >= 11 is 0. The first-order valence-corrected chi connectivity index (χ1v) is 7.20. The predicted octanol–water partition coefficient (Wildman–Crippen LogP) is 3.70. The van der Waals surface area contributed by atoms with Crippen LogP contribution in [0.3, 0.4) is 0 Å². The van der Waals surface area contributed by atoms with Crippen molar-refractivity contribution >= 4 is 22.2 Å². The molecule has 0 unspecified atom stereocenters. The summed E-state index contributed by atoms with van der Waals surface area (Å²) in [6, 6.07) is 19.8. The second-order valence-electron chi connectivity index (χ2n) is 5.22. The number of hydrogen-bond acceptors (Lipinski definition) is 3. The molecule has 108 valence electrons. The second-order valence-corrected chi connectivity index (χ2v) is 5.22. The lowest BCUT2D eigenvalue weighted by atomic mass is 10.3. The minimum atomic E-state index is 0.495. The highest BCUT2D eigenvalue weighted by molar-refractivity contribution is 5.85. The molecule has 0 amide bonds. The van der Waals surface area contributed by atoms with Crippen LogP contribution in [-0.4, -0.2) is 14.5 Å². The molecular formula is C18H15N3O. The fourth-order valence-corrected chi connectivity index (χ4v) is 2.55. The summed E-state index contributed by atoms with van der Waals surface area (Å²) in [4.78, 5) is 9.37. The van der Waals surface area contributed by atoms with E-state index in [0.717, 1.165) is 33.6 Å². The van der Waals surface area contributed by atoms with Gasteiger partial charge in [0.25, 0.3) is 0 Å². The predicted molar refractivity (Wildman–Crippen MR) is 86.8 cm³/mol. The summed E-state index contributed by atoms with van der Waals surface area (Å²) in [6.07, 6.45) is 0. The fourth-order valence-electron chi connectivity index (χ4n) is 2.55. The molecule has 2 heterocycles. The van der Waals surface area contributed by atoms with Crippen molar-refractivity contribution in [3.05, 3.63) is 66.4 Å². The molecule has 0 aliphatic carbocycles. The highest BCUT2D eigenvalue weighted by Crippen LogP contribution is 2.20. The van der Waals surface area contributed by atoms with E-state index in [1.807, 2.05) is 72.3 Å². The van der Waals surface area contributed by atoms with Crippen molar-refractivity contribution < 1.29 is 4.74 Å². The maximum atomic E-state index is 5.82. The van der Waals surface area contributed by atoms with Gasteiger partial charge in [-0.25, -0.2) is 9.97 Å². The van der Waals surface area contributed by atoms with Gasteiger partial charge in [-0.05, 0) is 30.3 Å². The standard InChI is InChI=1S/C18H15N3O/c1-21-13(12-22-14-7-3-2-4-8-14)11-17-18(21)20-16-10-6-5-9-15(16)19-17/h2-11H,12H2,1H3. The minimum absolute atomic E-state index is 0.495. The zero-order valence-corrected chi connectivity index (χ0v) is 12.2. The topological polar surface area (TPSA) is 39.9 Å². The average molecular weight is 289 g/mol. The lowest BCUT2D eigenvalue weighted by Gasteiger charge is -2.06. The maximum Gasteiger partial charge on any atom is 0.159 e. The van der Waals surface area contributed by atoms with Gasteiger partial charge in [0.15, 0.2) is 5.65 Å². The number of fused-ring (bicyclic) bond motifs is 2. The van der Waals surface area contributed by atoms with Gasteiger partial charge < -0.3 is 9.30 Å². The molecule has 0 spiro atoms. The number of rotatable bonds is 3. The van der Waals surface area contributed by atoms with E-state index in [2.05, 4.69) is 4.98 Å². The quantitative estimate of drug-likeness (QED) is 0.577. The van der Waals surface area contributed by atoms with Crippen molar-refractivity contribution in [1.82, 2.24) is 14.5 Å². The van der Waals surface area contributed by atoms with Crippen LogP contribution in [0.25, 0.3) is 22.2 Å². The molecule has 0 atom stereocenters. The average Bonchev–Trinajstić information content (AvgIpc) is 2.87. The van der Waals surface area contributed by atoms with Crippen LogP contribution in [0.15, 0.2) is 60.7 Å². The lowest BCUT2D eigenvalue weighted by Crippen LogP contribution is -2.02. The van der Waals surface area contributed by atoms with E-state index in [4.69, 9.17) is 9.72 Å². The minimum Gasteiger partial charge on any atom is -0.487 e. The van der Waals surface area contributed by atoms with Crippen molar-refractivity contribution in [1.29, 1.82) is 0 Å². The molecule has 0 N–H and O–H groups in total. The van der Waals surface area contributed by atoms with Crippen molar-refractivity contribution in [2.45, 2.75) is 6.61 Å². The number of aromatic nitrogens is 3. The molecule has 0 radical (unpaired) electrons. The molecule has 0 aliphatic rings. The van der Waals surface area contributed by atoms with Gasteiger partial charge in [-0.1, -0.05) is 30.3 Å². The van der Waals surface area contributed by atoms with E-state index in [1.165, 1.54) is 0 Å². The highest BCUT2D eigenvalue weighted by atomic mass is 16.5. The van der Waals surface area contributed by atoms with Crippen molar-refractivity contribution in [2.24, 2.45) is 7.05 Å². The molecule has 0 aliphatic heterocycles. The second kappa shape index (κ2) is 5.15. The van der Waals surface area contributed by atoms with E-state index in [-0.39, 0.29) is 0 Å². The van der Waals surface area contributed by atoms with E-state index >= 15 is 0 Å². The summed E-state index contributed by atoms with van der Waals surface area (Å²) in [5, 5.41) is 0. The Bertz CT molecular complexity index is 945. The van der Waals surface area contributed by atoms with Gasteiger partial charge in [-0.15, -0.1) is 0 Å². The molecule has 2 aromatic heterocycles. The Balaban J connectivity index is 1.72. The Labute approximate surface area is 128 Å². The van der Waals surface area contributed by atoms with Crippen LogP contribution in [0, 0.1) is 0 Å². The van der Waals surface area contributed by atoms with Crippen LogP contribution in [-0.2, 0) is 13.7 Å². The Morgan fingerprint density at radius 1 is 0.864 bits per heavy atom. The Kier molecular flexibility index (Phi) is 3.00. The summed E-state index contributed by atoms with van der Waals surface area (Å²) in [5.74, 6) is 0.860. The van der Waals surface area contributed by atoms with Gasteiger partial charge in [-0.3, -0.25) is 0 Å². The van der Waals surface area contributed by atoms with Gasteiger partial charge in [0.05, 0.1) is 16.7 Å². The molecule has 0 bridgehead atoms. The van der Waals surface area contributed by atoms with Crippen LogP contribution >= 0.6 is 0 Å². The van der Waals surface area contributed by atoms with Crippen LogP contribution < -0.4 is 4.74 Å². The zero-order chi connectivity index (χ0) is 14.9. The third kappa shape index (κ3) is 2.19. The molecule has 0 saturated heterocycles. The van der Waals surface area contributed by atoms with Gasteiger partial charge in [-0.2, -0.15) is 0 Å². The number of benzene rings is 2. The zero-order valence-electron chi connectivity index (χ0n) is 12.2. The Hall–Kier alpha value is -2.88. The van der Waals surface area contributed by atoms with E-state index in [1.54, 1.807) is 0 Å². The van der Waals surface area contributed by atoms with Gasteiger partial charge >= 0.3 is 0 Å². The first-order chi connectivity index (χ1) is 10.8. The van der Waals surface area contributed by atoms with Crippen molar-refractivity contribution in [3.8, 4) is 5.75 Å². The number of ether oxygens (including phenoxy) is 1. The largest absolute Gasteiger partial charge is 0.487 e. The lowest BCUT2D eigenvalue weighted by molar-refractivity contribution is 0.297. The van der Waals surface area contributed by atoms with Crippen LogP contribution in [0.5, 0.6) is 5.75 Å². The van der Waals surface area contributed by atoms with E-state index < -0.39 is 0 Å². The van der Waals surface area contributed by atoms with Crippen molar-refractivity contribution in [2.75, 3.05) is 0 Å². The molecule has 0 fully saturated rings. The summed E-state index contributed by atoms with van der Waals surface area (Å²) in [7, 11) is 2.00. The number of aryl methyl sites for hydroxylation is 1. The number of hydrogen-bond donors (Lipinski definition) is 0. The van der Waals surface area contributed by atoms with Crippen LogP contribution in [0.4, 0.5) is 0 Å². The normalized spacial score (nSPS) is 11.1. The molecule has 4 rings (SSSR count). The first-order valence-electron chi connectivity index (χ1n) is 7.20. The van der Waals surface area contributed by atoms with Crippen LogP contribution in [0.1, 0.15) is 5.69 Å². The molecule has 0 saturated carbocycles. The monoisotopic (exact) mass is 289 g/mol. The molecule has 4 heteroatoms. The van der Waals surface area contributed by atoms with E-state index in [9.17, 15) is 0 Å². The summed E-state index contributed by atoms with van der Waals surface area (Å²) < 4.78 is 7.86. The third-order valence-electron chi connectivity index (χ3n) is 3.76. The maximum absolute atomic E-state index is 5.82. The SMILES string of the molecule is Cn1c(COc2ccccc2)cc2nc3ccccc3nc21.